The van der Waals surface area contributed by atoms with Crippen LogP contribution in [0.4, 0.5) is 0 Å². The van der Waals surface area contributed by atoms with Gasteiger partial charge in [-0.15, -0.1) is 0 Å². The number of benzene rings is 1. The molecule has 0 aliphatic rings. The van der Waals surface area contributed by atoms with E-state index in [0.717, 1.165) is 17.7 Å². The van der Waals surface area contributed by atoms with E-state index in [1.165, 1.54) is 0 Å². The number of aromatic nitrogens is 3. The van der Waals surface area contributed by atoms with Gasteiger partial charge in [0.05, 0.1) is 29.0 Å². The lowest BCUT2D eigenvalue weighted by molar-refractivity contribution is 0.415. The van der Waals surface area contributed by atoms with E-state index >= 15 is 0 Å². The summed E-state index contributed by atoms with van der Waals surface area (Å²) in [5, 5.41) is 11.5. The number of H-pyrrole nitrogens is 1. The van der Waals surface area contributed by atoms with Crippen molar-refractivity contribution < 1.29 is 4.74 Å². The van der Waals surface area contributed by atoms with Crippen LogP contribution in [0.15, 0.2) is 18.3 Å². The number of nitrogens with one attached hydrogen (secondary N) is 1. The van der Waals surface area contributed by atoms with E-state index in [0.29, 0.717) is 15.8 Å². The minimum absolute atomic E-state index is 0.246. The van der Waals surface area contributed by atoms with Crippen LogP contribution in [0.5, 0.6) is 5.75 Å². The van der Waals surface area contributed by atoms with Crippen LogP contribution in [0, 0.1) is 0 Å². The summed E-state index contributed by atoms with van der Waals surface area (Å²) in [6, 6.07) is 3.74. The molecule has 0 amide bonds. The second-order valence-electron chi connectivity index (χ2n) is 4.08. The molecule has 0 aliphatic carbocycles. The molecule has 1 aromatic carbocycles. The lowest BCUT2D eigenvalue weighted by Crippen LogP contribution is -2.00. The Kier molecular flexibility index (Phi) is 4.09. The van der Waals surface area contributed by atoms with Crippen LogP contribution in [0.2, 0.25) is 10.0 Å². The smallest absolute Gasteiger partial charge is 0.156 e. The minimum atomic E-state index is 0.246. The van der Waals surface area contributed by atoms with Gasteiger partial charge >= 0.3 is 0 Å². The summed E-state index contributed by atoms with van der Waals surface area (Å²) in [6.45, 7) is 2.09. The van der Waals surface area contributed by atoms with Crippen molar-refractivity contribution in [3.63, 3.8) is 0 Å². The monoisotopic (exact) mass is 285 g/mol. The molecule has 0 fully saturated rings. The summed E-state index contributed by atoms with van der Waals surface area (Å²) >= 11 is 12.2. The van der Waals surface area contributed by atoms with Crippen LogP contribution in [0.25, 0.3) is 0 Å². The molecule has 4 nitrogen and oxygen atoms in total. The van der Waals surface area contributed by atoms with Crippen molar-refractivity contribution in [1.82, 2.24) is 15.4 Å². The molecular weight excluding hydrogens is 273 g/mol. The van der Waals surface area contributed by atoms with E-state index in [4.69, 9.17) is 27.9 Å². The summed E-state index contributed by atoms with van der Waals surface area (Å²) in [6.07, 6.45) is 2.48. The van der Waals surface area contributed by atoms with Gasteiger partial charge in [0.1, 0.15) is 0 Å². The van der Waals surface area contributed by atoms with Crippen molar-refractivity contribution in [2.24, 2.45) is 0 Å². The topological polar surface area (TPSA) is 50.8 Å². The number of nitrogens with zero attached hydrogens (tertiary/aromatic N) is 2. The number of hydrogen-bond acceptors (Lipinski definition) is 3. The molecule has 1 unspecified atom stereocenters. The third-order valence-corrected chi connectivity index (χ3v) is 3.34. The summed E-state index contributed by atoms with van der Waals surface area (Å²) < 4.78 is 5.13. The highest BCUT2D eigenvalue weighted by atomic mass is 35.5. The van der Waals surface area contributed by atoms with Crippen molar-refractivity contribution in [2.45, 2.75) is 19.3 Å². The molecule has 2 rings (SSSR count). The number of halogens is 2. The van der Waals surface area contributed by atoms with Crippen LogP contribution < -0.4 is 4.74 Å². The molecule has 0 aliphatic heterocycles. The number of aromatic amines is 1. The lowest BCUT2D eigenvalue weighted by atomic mass is 9.96. The van der Waals surface area contributed by atoms with Crippen molar-refractivity contribution in [2.75, 3.05) is 7.11 Å². The molecule has 96 valence electrons. The highest BCUT2D eigenvalue weighted by molar-refractivity contribution is 6.37. The van der Waals surface area contributed by atoms with E-state index < -0.39 is 0 Å². The van der Waals surface area contributed by atoms with Gasteiger partial charge in [-0.05, 0) is 30.0 Å². The van der Waals surface area contributed by atoms with Gasteiger partial charge in [0.2, 0.25) is 0 Å². The first-order chi connectivity index (χ1) is 8.61. The number of methoxy groups -OCH3 is 1. The molecule has 18 heavy (non-hydrogen) atoms. The molecular formula is C12H13Cl2N3O. The molecule has 1 atom stereocenters. The maximum atomic E-state index is 6.12. The Morgan fingerprint density at radius 3 is 2.50 bits per heavy atom. The van der Waals surface area contributed by atoms with Gasteiger partial charge in [-0.25, -0.2) is 0 Å². The van der Waals surface area contributed by atoms with E-state index in [1.807, 2.05) is 12.1 Å². The Labute approximate surface area is 115 Å². The first-order valence-electron chi connectivity index (χ1n) is 5.49. The summed E-state index contributed by atoms with van der Waals surface area (Å²) in [4.78, 5) is 0. The molecule has 0 saturated carbocycles. The number of ether oxygens (including phenoxy) is 1. The minimum Gasteiger partial charge on any atom is -0.494 e. The molecule has 0 radical (unpaired) electrons. The van der Waals surface area contributed by atoms with Crippen LogP contribution >= 0.6 is 23.2 Å². The zero-order valence-electron chi connectivity index (χ0n) is 10.1. The van der Waals surface area contributed by atoms with Gasteiger partial charge in [-0.2, -0.15) is 15.4 Å². The number of hydrogen-bond donors (Lipinski definition) is 1. The van der Waals surface area contributed by atoms with Gasteiger partial charge in [0, 0.05) is 0 Å². The molecule has 2 aromatic rings. The third-order valence-electron chi connectivity index (χ3n) is 2.77. The first kappa shape index (κ1) is 13.2. The van der Waals surface area contributed by atoms with Crippen LogP contribution in [0.1, 0.15) is 24.1 Å². The zero-order valence-corrected chi connectivity index (χ0v) is 11.6. The van der Waals surface area contributed by atoms with Gasteiger partial charge in [-0.1, -0.05) is 30.1 Å². The maximum Gasteiger partial charge on any atom is 0.156 e. The molecule has 1 N–H and O–H groups in total. The molecule has 0 saturated heterocycles. The Morgan fingerprint density at radius 1 is 1.33 bits per heavy atom. The van der Waals surface area contributed by atoms with Crippen LogP contribution in [0.3, 0.4) is 0 Å². The normalized spacial score (nSPS) is 12.4. The van der Waals surface area contributed by atoms with E-state index in [9.17, 15) is 0 Å². The van der Waals surface area contributed by atoms with E-state index in [2.05, 4.69) is 22.3 Å². The Balaban J connectivity index is 2.23. The SMILES string of the molecule is COc1c(Cl)cc(C(C)Cc2cn[nH]n2)cc1Cl. The Hall–Kier alpha value is -1.26. The van der Waals surface area contributed by atoms with E-state index in [1.54, 1.807) is 13.3 Å². The fourth-order valence-electron chi connectivity index (χ4n) is 1.81. The largest absolute Gasteiger partial charge is 0.494 e. The fraction of sp³-hybridized carbons (Fsp3) is 0.333. The summed E-state index contributed by atoms with van der Waals surface area (Å²) in [7, 11) is 1.55. The van der Waals surface area contributed by atoms with Crippen molar-refractivity contribution in [3.05, 3.63) is 39.6 Å². The van der Waals surface area contributed by atoms with Gasteiger partial charge in [0.25, 0.3) is 0 Å². The highest BCUT2D eigenvalue weighted by Crippen LogP contribution is 2.36. The molecule has 1 heterocycles. The second kappa shape index (κ2) is 5.59. The maximum absolute atomic E-state index is 6.12. The van der Waals surface area contributed by atoms with Crippen molar-refractivity contribution in [1.29, 1.82) is 0 Å². The van der Waals surface area contributed by atoms with Crippen LogP contribution in [-0.2, 0) is 6.42 Å². The average molecular weight is 286 g/mol. The fourth-order valence-corrected chi connectivity index (χ4v) is 2.47. The quantitative estimate of drug-likeness (QED) is 0.936. The van der Waals surface area contributed by atoms with Crippen LogP contribution in [-0.4, -0.2) is 22.5 Å². The summed E-state index contributed by atoms with van der Waals surface area (Å²) in [5.74, 6) is 0.756. The van der Waals surface area contributed by atoms with Gasteiger partial charge < -0.3 is 4.74 Å². The molecule has 6 heteroatoms. The van der Waals surface area contributed by atoms with Crippen molar-refractivity contribution >= 4 is 23.2 Å². The van der Waals surface area contributed by atoms with Gasteiger partial charge in [0.15, 0.2) is 5.75 Å². The summed E-state index contributed by atoms with van der Waals surface area (Å²) in [5.41, 5.74) is 1.96. The standard InChI is InChI=1S/C12H13Cl2N3O/c1-7(3-9-6-15-17-16-9)8-4-10(13)12(18-2)11(14)5-8/h4-7H,3H2,1-2H3,(H,15,16,17). The molecule has 0 bridgehead atoms. The predicted octanol–water partition coefficient (Wildman–Crippen LogP) is 3.47. The number of rotatable bonds is 4. The first-order valence-corrected chi connectivity index (χ1v) is 6.25. The zero-order chi connectivity index (χ0) is 13.1. The average Bonchev–Trinajstić information content (AvgIpc) is 2.81. The van der Waals surface area contributed by atoms with E-state index in [-0.39, 0.29) is 5.92 Å². The highest BCUT2D eigenvalue weighted by Gasteiger charge is 2.14. The Morgan fingerprint density at radius 2 is 2.00 bits per heavy atom. The third kappa shape index (κ3) is 2.76. The molecule has 0 spiro atoms. The van der Waals surface area contributed by atoms with Crippen molar-refractivity contribution in [3.8, 4) is 5.75 Å². The Bertz CT molecular complexity index is 505. The predicted molar refractivity (Wildman–Crippen MR) is 71.5 cm³/mol. The van der Waals surface area contributed by atoms with Gasteiger partial charge in [-0.3, -0.25) is 0 Å². The lowest BCUT2D eigenvalue weighted by Gasteiger charge is -2.13. The second-order valence-corrected chi connectivity index (χ2v) is 4.90. The molecule has 1 aromatic heterocycles.